The third kappa shape index (κ3) is 2.91. The molecule has 0 N–H and O–H groups in total. The Morgan fingerprint density at radius 1 is 1.55 bits per heavy atom. The van der Waals surface area contributed by atoms with E-state index in [-0.39, 0.29) is 11.6 Å². The summed E-state index contributed by atoms with van der Waals surface area (Å²) in [5.41, 5.74) is 0.896. The second kappa shape index (κ2) is 5.66. The summed E-state index contributed by atoms with van der Waals surface area (Å²) in [7, 11) is 1.28. The van der Waals surface area contributed by atoms with Crippen molar-refractivity contribution >= 4 is 23.4 Å². The van der Waals surface area contributed by atoms with Gasteiger partial charge in [0, 0.05) is 6.20 Å². The second-order valence-electron chi connectivity index (χ2n) is 3.79. The largest absolute Gasteiger partial charge is 0.465 e. The number of carbonyl (C=O) groups is 1. The average molecular weight is 297 g/mol. The monoisotopic (exact) mass is 296 g/mol. The number of rotatable bonds is 4. The van der Waals surface area contributed by atoms with E-state index in [0.717, 1.165) is 0 Å². The molecule has 0 bridgehead atoms. The van der Waals surface area contributed by atoms with Crippen molar-refractivity contribution in [1.82, 2.24) is 14.8 Å². The molecule has 2 aromatic heterocycles. The molecule has 0 aliphatic rings. The molecule has 0 aliphatic carbocycles. The molecule has 0 atom stereocenters. The molecule has 0 radical (unpaired) electrons. The van der Waals surface area contributed by atoms with E-state index in [0.29, 0.717) is 11.3 Å². The minimum atomic E-state index is -0.660. The molecule has 0 amide bonds. The zero-order chi connectivity index (χ0) is 14.7. The highest BCUT2D eigenvalue weighted by molar-refractivity contribution is 6.32. The van der Waals surface area contributed by atoms with Crippen LogP contribution in [-0.4, -0.2) is 32.8 Å². The molecule has 2 rings (SSSR count). The van der Waals surface area contributed by atoms with Gasteiger partial charge in [-0.25, -0.2) is 4.79 Å². The van der Waals surface area contributed by atoms with Gasteiger partial charge in [-0.05, 0) is 17.1 Å². The fourth-order valence-corrected chi connectivity index (χ4v) is 1.73. The van der Waals surface area contributed by atoms with Gasteiger partial charge >= 0.3 is 11.8 Å². The van der Waals surface area contributed by atoms with Gasteiger partial charge in [-0.3, -0.25) is 4.98 Å². The van der Waals surface area contributed by atoms with Crippen LogP contribution in [0.4, 0.5) is 5.82 Å². The third-order valence-electron chi connectivity index (χ3n) is 2.44. The number of methoxy groups -OCH3 is 1. The summed E-state index contributed by atoms with van der Waals surface area (Å²) in [5.74, 6) is -0.889. The number of esters is 1. The van der Waals surface area contributed by atoms with Crippen molar-refractivity contribution in [3.05, 3.63) is 50.9 Å². The zero-order valence-corrected chi connectivity index (χ0v) is 11.1. The number of nitro groups is 1. The lowest BCUT2D eigenvalue weighted by atomic mass is 10.2. The van der Waals surface area contributed by atoms with Crippen LogP contribution in [-0.2, 0) is 11.3 Å². The van der Waals surface area contributed by atoms with Crippen LogP contribution < -0.4 is 0 Å². The minimum absolute atomic E-state index is 0.0406. The molecule has 0 fully saturated rings. The highest BCUT2D eigenvalue weighted by atomic mass is 35.5. The van der Waals surface area contributed by atoms with Crippen molar-refractivity contribution in [2.75, 3.05) is 7.11 Å². The van der Waals surface area contributed by atoms with E-state index in [1.54, 1.807) is 12.1 Å². The van der Waals surface area contributed by atoms with Crippen molar-refractivity contribution in [2.45, 2.75) is 6.54 Å². The molecular weight excluding hydrogens is 288 g/mol. The fraction of sp³-hybridized carbons (Fsp3) is 0.182. The smallest absolute Gasteiger partial charge is 0.408 e. The molecule has 0 aromatic carbocycles. The van der Waals surface area contributed by atoms with Crippen molar-refractivity contribution in [1.29, 1.82) is 0 Å². The average Bonchev–Trinajstić information content (AvgIpc) is 2.79. The fourth-order valence-electron chi connectivity index (χ4n) is 1.51. The highest BCUT2D eigenvalue weighted by Crippen LogP contribution is 2.21. The van der Waals surface area contributed by atoms with E-state index in [4.69, 9.17) is 11.6 Å². The molecule has 104 valence electrons. The Hall–Kier alpha value is -2.48. The molecule has 2 aromatic rings. The zero-order valence-electron chi connectivity index (χ0n) is 10.3. The topological polar surface area (TPSA) is 100 Å². The lowest BCUT2D eigenvalue weighted by molar-refractivity contribution is -0.389. The molecular formula is C11H9ClN4O4. The van der Waals surface area contributed by atoms with Gasteiger partial charge in [-0.15, -0.1) is 0 Å². The van der Waals surface area contributed by atoms with Crippen molar-refractivity contribution in [3.8, 4) is 0 Å². The van der Waals surface area contributed by atoms with Gasteiger partial charge < -0.3 is 14.9 Å². The van der Waals surface area contributed by atoms with Crippen LogP contribution >= 0.6 is 11.6 Å². The molecule has 0 aliphatic heterocycles. The summed E-state index contributed by atoms with van der Waals surface area (Å²) in [4.78, 5) is 25.2. The maximum absolute atomic E-state index is 11.2. The van der Waals surface area contributed by atoms with Gasteiger partial charge in [0.05, 0.1) is 29.7 Å². The van der Waals surface area contributed by atoms with Gasteiger partial charge in [-0.2, -0.15) is 4.68 Å². The number of carbonyl (C=O) groups excluding carboxylic acids is 1. The van der Waals surface area contributed by atoms with Gasteiger partial charge in [0.2, 0.25) is 0 Å². The Kier molecular flexibility index (Phi) is 3.94. The molecule has 9 heteroatoms. The molecule has 8 nitrogen and oxygen atoms in total. The van der Waals surface area contributed by atoms with E-state index in [9.17, 15) is 14.9 Å². The first kappa shape index (κ1) is 13.9. The summed E-state index contributed by atoms with van der Waals surface area (Å²) in [6, 6.07) is 3.15. The van der Waals surface area contributed by atoms with Crippen molar-refractivity contribution in [2.24, 2.45) is 0 Å². The van der Waals surface area contributed by atoms with Crippen LogP contribution in [0.25, 0.3) is 0 Å². The summed E-state index contributed by atoms with van der Waals surface area (Å²) >= 11 is 5.69. The summed E-state index contributed by atoms with van der Waals surface area (Å²) in [5, 5.41) is 14.3. The second-order valence-corrected chi connectivity index (χ2v) is 4.19. The van der Waals surface area contributed by atoms with Crippen LogP contribution in [0.3, 0.4) is 0 Å². The Labute approximate surface area is 118 Å². The Bertz CT molecular complexity index is 653. The van der Waals surface area contributed by atoms with Crippen LogP contribution in [0.1, 0.15) is 16.1 Å². The lowest BCUT2D eigenvalue weighted by Crippen LogP contribution is -2.06. The first-order valence-electron chi connectivity index (χ1n) is 5.42. The van der Waals surface area contributed by atoms with Gasteiger partial charge in [0.1, 0.15) is 6.54 Å². The minimum Gasteiger partial charge on any atom is -0.465 e. The molecule has 2 heterocycles. The Balaban J connectivity index is 2.16. The van der Waals surface area contributed by atoms with Crippen molar-refractivity contribution < 1.29 is 14.5 Å². The van der Waals surface area contributed by atoms with E-state index in [1.807, 2.05) is 0 Å². The van der Waals surface area contributed by atoms with Gasteiger partial charge in [-0.1, -0.05) is 11.6 Å². The van der Waals surface area contributed by atoms with E-state index >= 15 is 0 Å². The van der Waals surface area contributed by atoms with Crippen LogP contribution in [0.5, 0.6) is 0 Å². The quantitative estimate of drug-likeness (QED) is 0.483. The third-order valence-corrected chi connectivity index (χ3v) is 2.71. The Morgan fingerprint density at radius 2 is 2.30 bits per heavy atom. The molecule has 0 spiro atoms. The number of nitrogens with zero attached hydrogens (tertiary/aromatic N) is 4. The van der Waals surface area contributed by atoms with E-state index in [1.165, 1.54) is 24.2 Å². The standard InChI is InChI=1S/C11H9ClN4O4/c1-20-11(17)7-2-3-8(13-4-7)5-15-6-9(12)10(14-15)16(18)19/h2-4,6H,5H2,1H3. The van der Waals surface area contributed by atoms with E-state index < -0.39 is 16.7 Å². The molecule has 0 saturated carbocycles. The predicted octanol–water partition coefficient (Wildman–Crippen LogP) is 1.67. The van der Waals surface area contributed by atoms with Gasteiger partial charge in [0.25, 0.3) is 0 Å². The predicted molar refractivity (Wildman–Crippen MR) is 68.6 cm³/mol. The molecule has 0 saturated heterocycles. The molecule has 0 unspecified atom stereocenters. The van der Waals surface area contributed by atoms with E-state index in [2.05, 4.69) is 14.8 Å². The van der Waals surface area contributed by atoms with Gasteiger partial charge in [0.15, 0.2) is 5.02 Å². The van der Waals surface area contributed by atoms with Crippen LogP contribution in [0, 0.1) is 10.1 Å². The summed E-state index contributed by atoms with van der Waals surface area (Å²) in [6.07, 6.45) is 2.70. The summed E-state index contributed by atoms with van der Waals surface area (Å²) in [6.45, 7) is 0.203. The maximum Gasteiger partial charge on any atom is 0.408 e. The number of halogens is 1. The first-order chi connectivity index (χ1) is 9.51. The normalized spacial score (nSPS) is 10.3. The maximum atomic E-state index is 11.2. The lowest BCUT2D eigenvalue weighted by Gasteiger charge is -2.00. The SMILES string of the molecule is COC(=O)c1ccc(Cn2cc(Cl)c([N+](=O)[O-])n2)nc1. The summed E-state index contributed by atoms with van der Waals surface area (Å²) < 4.78 is 5.86. The van der Waals surface area contributed by atoms with Crippen LogP contribution in [0.2, 0.25) is 5.02 Å². The van der Waals surface area contributed by atoms with Crippen molar-refractivity contribution in [3.63, 3.8) is 0 Å². The number of aromatic nitrogens is 3. The number of hydrogen-bond acceptors (Lipinski definition) is 6. The van der Waals surface area contributed by atoms with Crippen LogP contribution in [0.15, 0.2) is 24.5 Å². The number of ether oxygens (including phenoxy) is 1. The number of hydrogen-bond donors (Lipinski definition) is 0. The molecule has 20 heavy (non-hydrogen) atoms. The number of pyridine rings is 1. The Morgan fingerprint density at radius 3 is 2.80 bits per heavy atom. The first-order valence-corrected chi connectivity index (χ1v) is 5.79. The highest BCUT2D eigenvalue weighted by Gasteiger charge is 2.19.